The largest absolute Gasteiger partial charge is 0.463 e. The summed E-state index contributed by atoms with van der Waals surface area (Å²) in [5, 5.41) is 33.7. The third-order valence-electron chi connectivity index (χ3n) is 3.67. The zero-order valence-corrected chi connectivity index (χ0v) is 25.6. The minimum Gasteiger partial charge on any atom is -0.463 e. The van der Waals surface area contributed by atoms with Crippen LogP contribution in [0.25, 0.3) is 0 Å². The van der Waals surface area contributed by atoms with Crippen molar-refractivity contribution in [3.8, 4) is 0 Å². The SMILES string of the molecule is C=C(CO)C(=O)OC(C)(C)C.C=C(CO)C(=O)OC(C)C.C=C(CO)C(=O)OCC.C=C(CO)C(=O)OCCCC. The number of rotatable bonds is 13. The molecule has 0 saturated heterocycles. The van der Waals surface area contributed by atoms with Crippen molar-refractivity contribution < 1.29 is 58.6 Å². The number of aliphatic hydroxyl groups excluding tert-OH is 4. The molecule has 0 spiro atoms. The second-order valence-corrected chi connectivity index (χ2v) is 9.21. The molecule has 0 heterocycles. The van der Waals surface area contributed by atoms with E-state index < -0.39 is 29.5 Å². The van der Waals surface area contributed by atoms with Gasteiger partial charge < -0.3 is 39.4 Å². The minimum absolute atomic E-state index is 0.0833. The number of unbranched alkanes of at least 4 members (excludes halogenated alkanes) is 1. The Kier molecular flexibility index (Phi) is 29.3. The van der Waals surface area contributed by atoms with Crippen molar-refractivity contribution in [2.75, 3.05) is 39.6 Å². The molecule has 0 aliphatic rings. The molecule has 0 saturated carbocycles. The smallest absolute Gasteiger partial charge is 0.336 e. The van der Waals surface area contributed by atoms with Gasteiger partial charge in [0.05, 0.1) is 68.0 Å². The first-order valence-corrected chi connectivity index (χ1v) is 12.8. The van der Waals surface area contributed by atoms with Gasteiger partial charge in [-0.15, -0.1) is 0 Å². The fourth-order valence-electron chi connectivity index (χ4n) is 1.55. The van der Waals surface area contributed by atoms with Gasteiger partial charge in [-0.25, -0.2) is 19.2 Å². The Morgan fingerprint density at radius 1 is 0.659 bits per heavy atom. The van der Waals surface area contributed by atoms with Crippen LogP contribution in [0.2, 0.25) is 0 Å². The fourth-order valence-corrected chi connectivity index (χ4v) is 1.55. The van der Waals surface area contributed by atoms with E-state index in [2.05, 4.69) is 31.1 Å². The van der Waals surface area contributed by atoms with Crippen molar-refractivity contribution in [2.45, 2.75) is 73.0 Å². The van der Waals surface area contributed by atoms with Gasteiger partial charge in [0.1, 0.15) is 5.60 Å². The summed E-state index contributed by atoms with van der Waals surface area (Å²) < 4.78 is 18.8. The van der Waals surface area contributed by atoms with Gasteiger partial charge in [-0.05, 0) is 48.0 Å². The summed E-state index contributed by atoms with van der Waals surface area (Å²) in [5.41, 5.74) is -0.138. The van der Waals surface area contributed by atoms with Crippen molar-refractivity contribution in [3.05, 3.63) is 48.6 Å². The highest BCUT2D eigenvalue weighted by atomic mass is 16.6. The molecular weight excluding hydrogens is 540 g/mol. The summed E-state index contributed by atoms with van der Waals surface area (Å²) >= 11 is 0. The van der Waals surface area contributed by atoms with E-state index in [1.165, 1.54) is 0 Å². The van der Waals surface area contributed by atoms with Crippen LogP contribution in [0.1, 0.15) is 61.3 Å². The van der Waals surface area contributed by atoms with Crippen molar-refractivity contribution in [2.24, 2.45) is 0 Å². The molecule has 238 valence electrons. The van der Waals surface area contributed by atoms with Crippen LogP contribution in [0.3, 0.4) is 0 Å². The third-order valence-corrected chi connectivity index (χ3v) is 3.67. The molecule has 0 aromatic carbocycles. The summed E-state index contributed by atoms with van der Waals surface area (Å²) in [4.78, 5) is 42.9. The molecule has 41 heavy (non-hydrogen) atoms. The van der Waals surface area contributed by atoms with Crippen LogP contribution in [0, 0.1) is 0 Å². The first-order chi connectivity index (χ1) is 18.9. The summed E-state index contributed by atoms with van der Waals surface area (Å²) in [6.07, 6.45) is 1.68. The lowest BCUT2D eigenvalue weighted by Crippen LogP contribution is -2.25. The molecule has 0 atom stereocenters. The summed E-state index contributed by atoms with van der Waals surface area (Å²) in [5.74, 6) is -2.10. The van der Waals surface area contributed by atoms with E-state index in [9.17, 15) is 19.2 Å². The van der Waals surface area contributed by atoms with E-state index in [1.807, 2.05) is 6.92 Å². The van der Waals surface area contributed by atoms with E-state index in [0.717, 1.165) is 12.8 Å². The number of aliphatic hydroxyl groups is 4. The van der Waals surface area contributed by atoms with E-state index >= 15 is 0 Å². The molecule has 12 heteroatoms. The fraction of sp³-hybridized carbons (Fsp3) is 0.586. The standard InChI is InChI=1S/2C8H14O3.C7H12O3.C6H10O3/c1-6(5-9)7(10)11-8(2,3)4;1-3-4-5-11-8(10)7(2)6-9;1-5(2)10-7(9)6(3)4-8;1-3-9-6(8)5(2)4-7/h9H,1,5H2,2-4H3;9H,2-6H2,1H3;5,8H,3-4H2,1-2H3;7H,2-4H2,1H3. The molecule has 0 bridgehead atoms. The molecule has 0 aromatic heterocycles. The van der Waals surface area contributed by atoms with E-state index in [0.29, 0.717) is 13.2 Å². The molecule has 0 aliphatic carbocycles. The highest BCUT2D eigenvalue weighted by Crippen LogP contribution is 2.09. The number of ether oxygens (including phenoxy) is 4. The second-order valence-electron chi connectivity index (χ2n) is 9.21. The maximum atomic E-state index is 10.9. The van der Waals surface area contributed by atoms with Gasteiger partial charge in [-0.2, -0.15) is 0 Å². The quantitative estimate of drug-likeness (QED) is 0.106. The maximum Gasteiger partial charge on any atom is 0.336 e. The Hall–Kier alpha value is -3.32. The zero-order valence-electron chi connectivity index (χ0n) is 25.6. The molecule has 12 nitrogen and oxygen atoms in total. The first kappa shape index (κ1) is 44.7. The number of hydrogen-bond donors (Lipinski definition) is 4. The zero-order chi connectivity index (χ0) is 33.2. The molecule has 0 aliphatic heterocycles. The molecular formula is C29H50O12. The number of carbonyl (C=O) groups is 4. The summed E-state index contributed by atoms with van der Waals surface area (Å²) in [6, 6.07) is 0. The molecule has 0 aromatic rings. The van der Waals surface area contributed by atoms with Crippen molar-refractivity contribution in [1.29, 1.82) is 0 Å². The number of hydrogen-bond acceptors (Lipinski definition) is 12. The Balaban J connectivity index is -0.000000223. The average molecular weight is 591 g/mol. The number of carbonyl (C=O) groups excluding carboxylic acids is 4. The topological polar surface area (TPSA) is 186 Å². The van der Waals surface area contributed by atoms with Gasteiger partial charge in [0.2, 0.25) is 0 Å². The Bertz CT molecular complexity index is 835. The molecule has 0 fully saturated rings. The van der Waals surface area contributed by atoms with E-state index in [4.69, 9.17) is 34.6 Å². The molecule has 0 amide bonds. The van der Waals surface area contributed by atoms with Gasteiger partial charge in [-0.1, -0.05) is 39.7 Å². The minimum atomic E-state index is -0.542. The van der Waals surface area contributed by atoms with Gasteiger partial charge in [0.15, 0.2) is 0 Å². The van der Waals surface area contributed by atoms with Crippen LogP contribution in [0.4, 0.5) is 0 Å². The van der Waals surface area contributed by atoms with Crippen LogP contribution in [0.15, 0.2) is 48.6 Å². The van der Waals surface area contributed by atoms with Crippen LogP contribution in [-0.4, -0.2) is 95.6 Å². The first-order valence-electron chi connectivity index (χ1n) is 12.8. The van der Waals surface area contributed by atoms with Gasteiger partial charge in [0, 0.05) is 0 Å². The van der Waals surface area contributed by atoms with Crippen molar-refractivity contribution in [3.63, 3.8) is 0 Å². The Labute approximate surface area is 243 Å². The van der Waals surface area contributed by atoms with Gasteiger partial charge in [-0.3, -0.25) is 0 Å². The molecule has 0 unspecified atom stereocenters. The van der Waals surface area contributed by atoms with Crippen LogP contribution < -0.4 is 0 Å². The van der Waals surface area contributed by atoms with E-state index in [1.54, 1.807) is 41.5 Å². The predicted molar refractivity (Wildman–Crippen MR) is 154 cm³/mol. The lowest BCUT2D eigenvalue weighted by Gasteiger charge is -2.19. The van der Waals surface area contributed by atoms with Crippen LogP contribution >= 0.6 is 0 Å². The summed E-state index contributed by atoms with van der Waals surface area (Å²) in [6.45, 7) is 25.1. The average Bonchev–Trinajstić information content (AvgIpc) is 2.90. The third kappa shape index (κ3) is 31.1. The monoisotopic (exact) mass is 590 g/mol. The molecule has 0 rings (SSSR count). The highest BCUT2D eigenvalue weighted by Gasteiger charge is 2.17. The Morgan fingerprint density at radius 2 is 1.02 bits per heavy atom. The van der Waals surface area contributed by atoms with Crippen LogP contribution in [0.5, 0.6) is 0 Å². The molecule has 4 N–H and O–H groups in total. The lowest BCUT2D eigenvalue weighted by atomic mass is 10.2. The van der Waals surface area contributed by atoms with E-state index in [-0.39, 0.29) is 54.8 Å². The van der Waals surface area contributed by atoms with Crippen LogP contribution in [-0.2, 0) is 38.1 Å². The second kappa shape index (κ2) is 26.9. The van der Waals surface area contributed by atoms with Crippen molar-refractivity contribution >= 4 is 23.9 Å². The van der Waals surface area contributed by atoms with Gasteiger partial charge >= 0.3 is 23.9 Å². The maximum absolute atomic E-state index is 10.9. The highest BCUT2D eigenvalue weighted by molar-refractivity contribution is 5.89. The number of esters is 4. The lowest BCUT2D eigenvalue weighted by molar-refractivity contribution is -0.150. The predicted octanol–water partition coefficient (Wildman–Crippen LogP) is 2.34. The molecule has 0 radical (unpaired) electrons. The normalized spacial score (nSPS) is 9.66. The van der Waals surface area contributed by atoms with Gasteiger partial charge in [0.25, 0.3) is 0 Å². The summed E-state index contributed by atoms with van der Waals surface area (Å²) in [7, 11) is 0. The van der Waals surface area contributed by atoms with Crippen molar-refractivity contribution in [1.82, 2.24) is 0 Å². The Morgan fingerprint density at radius 3 is 1.34 bits per heavy atom.